The standard InChI is InChI=1S/C12H14ClNO4S/c1-8(19(17,18)7-11(15)14-2)12(16)9-3-5-10(13)6-4-9/h3-6,8H,7H2,1-2H3,(H,14,15). The minimum Gasteiger partial charge on any atom is -0.358 e. The van der Waals surface area contributed by atoms with Gasteiger partial charge in [0.1, 0.15) is 11.0 Å². The van der Waals surface area contributed by atoms with Crippen molar-refractivity contribution >= 4 is 33.1 Å². The zero-order chi connectivity index (χ0) is 14.6. The summed E-state index contributed by atoms with van der Waals surface area (Å²) in [5.41, 5.74) is 0.248. The van der Waals surface area contributed by atoms with Crippen molar-refractivity contribution in [3.05, 3.63) is 34.9 Å². The third kappa shape index (κ3) is 4.04. The molecule has 5 nitrogen and oxygen atoms in total. The largest absolute Gasteiger partial charge is 0.358 e. The van der Waals surface area contributed by atoms with Gasteiger partial charge in [-0.15, -0.1) is 0 Å². The molecule has 1 amide bonds. The molecule has 0 aliphatic carbocycles. The number of ketones is 1. The van der Waals surface area contributed by atoms with Crippen LogP contribution in [0.2, 0.25) is 5.02 Å². The summed E-state index contributed by atoms with van der Waals surface area (Å²) < 4.78 is 23.7. The van der Waals surface area contributed by atoms with Crippen LogP contribution in [0.4, 0.5) is 0 Å². The maximum atomic E-state index is 12.0. The number of hydrogen-bond acceptors (Lipinski definition) is 4. The Morgan fingerprint density at radius 2 is 1.79 bits per heavy atom. The zero-order valence-corrected chi connectivity index (χ0v) is 12.1. The van der Waals surface area contributed by atoms with E-state index >= 15 is 0 Å². The summed E-state index contributed by atoms with van der Waals surface area (Å²) in [6.07, 6.45) is 0. The van der Waals surface area contributed by atoms with Crippen molar-refractivity contribution in [2.45, 2.75) is 12.2 Å². The molecular weight excluding hydrogens is 290 g/mol. The van der Waals surface area contributed by atoms with E-state index < -0.39 is 32.5 Å². The first kappa shape index (κ1) is 15.7. The van der Waals surface area contributed by atoms with E-state index in [-0.39, 0.29) is 5.56 Å². The van der Waals surface area contributed by atoms with Crippen molar-refractivity contribution in [3.63, 3.8) is 0 Å². The predicted octanol–water partition coefficient (Wildman–Crippen LogP) is 1.07. The Kier molecular flexibility index (Phi) is 5.08. The molecule has 0 saturated heterocycles. The molecule has 7 heteroatoms. The minimum atomic E-state index is -3.82. The van der Waals surface area contributed by atoms with E-state index in [1.165, 1.54) is 38.2 Å². The van der Waals surface area contributed by atoms with Crippen molar-refractivity contribution in [3.8, 4) is 0 Å². The first-order chi connectivity index (χ1) is 8.77. The lowest BCUT2D eigenvalue weighted by molar-refractivity contribution is -0.118. The summed E-state index contributed by atoms with van der Waals surface area (Å²) in [4.78, 5) is 23.1. The lowest BCUT2D eigenvalue weighted by atomic mass is 10.1. The van der Waals surface area contributed by atoms with E-state index in [0.29, 0.717) is 5.02 Å². The number of Topliss-reactive ketones (excluding diaryl/α,β-unsaturated/α-hetero) is 1. The fourth-order valence-corrected chi connectivity index (χ4v) is 2.74. The highest BCUT2D eigenvalue weighted by Gasteiger charge is 2.30. The monoisotopic (exact) mass is 303 g/mol. The maximum Gasteiger partial charge on any atom is 0.234 e. The fraction of sp³-hybridized carbons (Fsp3) is 0.333. The predicted molar refractivity (Wildman–Crippen MR) is 73.1 cm³/mol. The summed E-state index contributed by atoms with van der Waals surface area (Å²) in [5, 5.41) is 1.40. The van der Waals surface area contributed by atoms with Gasteiger partial charge in [0.2, 0.25) is 5.91 Å². The normalized spacial score (nSPS) is 12.8. The summed E-state index contributed by atoms with van der Waals surface area (Å²) in [6, 6.07) is 5.92. The van der Waals surface area contributed by atoms with Crippen molar-refractivity contribution in [1.82, 2.24) is 5.32 Å². The molecule has 1 unspecified atom stereocenters. The van der Waals surface area contributed by atoms with E-state index in [9.17, 15) is 18.0 Å². The van der Waals surface area contributed by atoms with Crippen LogP contribution in [0, 0.1) is 0 Å². The molecule has 0 saturated carbocycles. The van der Waals surface area contributed by atoms with Crippen LogP contribution in [0.5, 0.6) is 0 Å². The molecule has 0 fully saturated rings. The molecule has 0 radical (unpaired) electrons. The number of rotatable bonds is 5. The van der Waals surface area contributed by atoms with Crippen LogP contribution in [-0.4, -0.2) is 38.2 Å². The summed E-state index contributed by atoms with van der Waals surface area (Å²) >= 11 is 5.69. The highest BCUT2D eigenvalue weighted by Crippen LogP contribution is 2.14. The molecule has 0 aromatic heterocycles. The number of carbonyl (C=O) groups excluding carboxylic acids is 2. The van der Waals surface area contributed by atoms with Gasteiger partial charge < -0.3 is 5.32 Å². The lowest BCUT2D eigenvalue weighted by Gasteiger charge is -2.11. The Morgan fingerprint density at radius 1 is 1.26 bits per heavy atom. The number of nitrogens with one attached hydrogen (secondary N) is 1. The number of carbonyl (C=O) groups is 2. The Labute approximate surface area is 116 Å². The summed E-state index contributed by atoms with van der Waals surface area (Å²) in [6.45, 7) is 1.27. The molecular formula is C12H14ClNO4S. The van der Waals surface area contributed by atoms with Gasteiger partial charge in [-0.25, -0.2) is 8.42 Å². The van der Waals surface area contributed by atoms with Crippen LogP contribution in [0.15, 0.2) is 24.3 Å². The minimum absolute atomic E-state index is 0.248. The number of benzene rings is 1. The molecule has 19 heavy (non-hydrogen) atoms. The Bertz CT molecular complexity index is 580. The van der Waals surface area contributed by atoms with Crippen LogP contribution >= 0.6 is 11.6 Å². The average molecular weight is 304 g/mol. The molecule has 0 bridgehead atoms. The number of halogens is 1. The molecule has 1 atom stereocenters. The van der Waals surface area contributed by atoms with Crippen molar-refractivity contribution in [1.29, 1.82) is 0 Å². The Balaban J connectivity index is 2.93. The highest BCUT2D eigenvalue weighted by molar-refractivity contribution is 7.93. The molecule has 1 N–H and O–H groups in total. The average Bonchev–Trinajstić information content (AvgIpc) is 2.37. The Hall–Kier alpha value is -1.40. The number of hydrogen-bond donors (Lipinski definition) is 1. The van der Waals surface area contributed by atoms with Gasteiger partial charge in [-0.2, -0.15) is 0 Å². The third-order valence-electron chi connectivity index (χ3n) is 2.65. The van der Waals surface area contributed by atoms with Gasteiger partial charge in [-0.05, 0) is 31.2 Å². The molecule has 104 valence electrons. The topological polar surface area (TPSA) is 80.3 Å². The number of amides is 1. The summed E-state index contributed by atoms with van der Waals surface area (Å²) in [7, 11) is -2.49. The SMILES string of the molecule is CNC(=O)CS(=O)(=O)C(C)C(=O)c1ccc(Cl)cc1. The molecule has 1 aromatic carbocycles. The van der Waals surface area contributed by atoms with E-state index in [0.717, 1.165) is 0 Å². The van der Waals surface area contributed by atoms with E-state index in [1.54, 1.807) is 0 Å². The van der Waals surface area contributed by atoms with Crippen LogP contribution < -0.4 is 5.32 Å². The quantitative estimate of drug-likeness (QED) is 0.825. The van der Waals surface area contributed by atoms with Crippen LogP contribution in [0.25, 0.3) is 0 Å². The highest BCUT2D eigenvalue weighted by atomic mass is 35.5. The fourth-order valence-electron chi connectivity index (χ4n) is 1.39. The summed E-state index contributed by atoms with van der Waals surface area (Å²) in [5.74, 6) is -1.90. The zero-order valence-electron chi connectivity index (χ0n) is 10.5. The molecule has 0 aliphatic rings. The maximum absolute atomic E-state index is 12.0. The van der Waals surface area contributed by atoms with E-state index in [2.05, 4.69) is 5.32 Å². The van der Waals surface area contributed by atoms with Crippen LogP contribution in [0.1, 0.15) is 17.3 Å². The van der Waals surface area contributed by atoms with Gasteiger partial charge in [-0.1, -0.05) is 11.6 Å². The molecule has 0 spiro atoms. The third-order valence-corrected chi connectivity index (χ3v) is 4.86. The second kappa shape index (κ2) is 6.16. The second-order valence-electron chi connectivity index (χ2n) is 3.99. The lowest BCUT2D eigenvalue weighted by Crippen LogP contribution is -2.35. The van der Waals surface area contributed by atoms with Gasteiger partial charge in [0.15, 0.2) is 15.6 Å². The molecule has 0 heterocycles. The van der Waals surface area contributed by atoms with Crippen molar-refractivity contribution < 1.29 is 18.0 Å². The van der Waals surface area contributed by atoms with E-state index in [1.807, 2.05) is 0 Å². The Morgan fingerprint density at radius 3 is 2.26 bits per heavy atom. The number of sulfone groups is 1. The second-order valence-corrected chi connectivity index (χ2v) is 6.75. The van der Waals surface area contributed by atoms with E-state index in [4.69, 9.17) is 11.6 Å². The van der Waals surface area contributed by atoms with Gasteiger partial charge in [0, 0.05) is 17.6 Å². The smallest absolute Gasteiger partial charge is 0.234 e. The van der Waals surface area contributed by atoms with Gasteiger partial charge >= 0.3 is 0 Å². The van der Waals surface area contributed by atoms with Crippen molar-refractivity contribution in [2.24, 2.45) is 0 Å². The van der Waals surface area contributed by atoms with Crippen molar-refractivity contribution in [2.75, 3.05) is 12.8 Å². The molecule has 1 aromatic rings. The molecule has 1 rings (SSSR count). The first-order valence-electron chi connectivity index (χ1n) is 5.50. The van der Waals surface area contributed by atoms with Gasteiger partial charge in [-0.3, -0.25) is 9.59 Å². The first-order valence-corrected chi connectivity index (χ1v) is 7.59. The van der Waals surface area contributed by atoms with Gasteiger partial charge in [0.05, 0.1) is 0 Å². The van der Waals surface area contributed by atoms with Crippen LogP contribution in [0.3, 0.4) is 0 Å². The van der Waals surface area contributed by atoms with Gasteiger partial charge in [0.25, 0.3) is 0 Å². The van der Waals surface area contributed by atoms with Crippen LogP contribution in [-0.2, 0) is 14.6 Å². The molecule has 0 aliphatic heterocycles.